The van der Waals surface area contributed by atoms with E-state index in [1.807, 2.05) is 6.07 Å². The first-order chi connectivity index (χ1) is 8.54. The molecule has 0 radical (unpaired) electrons. The number of H-pyrrole nitrogens is 1. The van der Waals surface area contributed by atoms with Crippen molar-refractivity contribution < 1.29 is 8.42 Å². The summed E-state index contributed by atoms with van der Waals surface area (Å²) in [6, 6.07) is 4.86. The molecular weight excluding hydrogens is 272 g/mol. The van der Waals surface area contributed by atoms with E-state index in [9.17, 15) is 8.42 Å². The van der Waals surface area contributed by atoms with Gasteiger partial charge < -0.3 is 4.98 Å². The van der Waals surface area contributed by atoms with E-state index in [0.717, 1.165) is 11.3 Å². The maximum Gasteiger partial charge on any atom is 0.252 e. The van der Waals surface area contributed by atoms with E-state index in [-0.39, 0.29) is 10.8 Å². The van der Waals surface area contributed by atoms with Crippen molar-refractivity contribution in [3.63, 3.8) is 0 Å². The van der Waals surface area contributed by atoms with E-state index in [2.05, 4.69) is 9.97 Å². The minimum absolute atomic E-state index is 0.160. The second-order valence-electron chi connectivity index (χ2n) is 3.53. The highest BCUT2D eigenvalue weighted by molar-refractivity contribution is 7.91. The van der Waals surface area contributed by atoms with Gasteiger partial charge in [0.05, 0.1) is 6.54 Å². The molecule has 2 aromatic heterocycles. The van der Waals surface area contributed by atoms with Crippen LogP contribution in [0.5, 0.6) is 0 Å². The molecule has 18 heavy (non-hydrogen) atoms. The lowest BCUT2D eigenvalue weighted by Gasteiger charge is -2.14. The summed E-state index contributed by atoms with van der Waals surface area (Å²) < 4.78 is 25.7. The van der Waals surface area contributed by atoms with Crippen LogP contribution in [0.25, 0.3) is 0 Å². The lowest BCUT2D eigenvalue weighted by molar-refractivity contribution is 0.460. The summed E-state index contributed by atoms with van der Waals surface area (Å²) in [4.78, 5) is 7.19. The normalized spacial score (nSPS) is 11.6. The molecule has 0 bridgehead atoms. The first kappa shape index (κ1) is 12.8. The van der Waals surface area contributed by atoms with Crippen molar-refractivity contribution in [3.05, 3.63) is 35.2 Å². The Morgan fingerprint density at radius 1 is 1.56 bits per heavy atom. The molecule has 0 fully saturated rings. The molecule has 2 aromatic rings. The van der Waals surface area contributed by atoms with Crippen LogP contribution in [0.2, 0.25) is 0 Å². The number of hydrogen-bond donors (Lipinski definition) is 1. The molecule has 2 rings (SSSR count). The summed E-state index contributed by atoms with van der Waals surface area (Å²) in [6.45, 7) is 0.162. The van der Waals surface area contributed by atoms with Crippen LogP contribution in [0.15, 0.2) is 28.7 Å². The Balaban J connectivity index is 2.23. The van der Waals surface area contributed by atoms with E-state index in [1.165, 1.54) is 23.5 Å². The Morgan fingerprint density at radius 3 is 2.89 bits per heavy atom. The van der Waals surface area contributed by atoms with Crippen molar-refractivity contribution in [2.24, 2.45) is 0 Å². The van der Waals surface area contributed by atoms with Crippen LogP contribution in [0.1, 0.15) is 10.7 Å². The fourth-order valence-corrected chi connectivity index (χ4v) is 3.80. The average molecular weight is 282 g/mol. The number of aromatic nitrogens is 2. The zero-order valence-corrected chi connectivity index (χ0v) is 11.1. The van der Waals surface area contributed by atoms with Crippen LogP contribution in [0, 0.1) is 11.3 Å². The molecule has 0 amide bonds. The number of nitriles is 1. The van der Waals surface area contributed by atoms with Crippen LogP contribution >= 0.6 is 11.3 Å². The predicted molar refractivity (Wildman–Crippen MR) is 66.3 cm³/mol. The summed E-state index contributed by atoms with van der Waals surface area (Å²) in [5.74, 6) is 0.568. The molecular formula is C10H10N4O2S2. The van der Waals surface area contributed by atoms with E-state index in [0.29, 0.717) is 10.7 Å². The van der Waals surface area contributed by atoms with Gasteiger partial charge in [0.15, 0.2) is 0 Å². The molecule has 94 valence electrons. The molecule has 0 aromatic carbocycles. The number of thiophene rings is 1. The van der Waals surface area contributed by atoms with Gasteiger partial charge in [0.1, 0.15) is 21.0 Å². The topological polar surface area (TPSA) is 89.8 Å². The number of nitrogens with one attached hydrogen (secondary N) is 1. The van der Waals surface area contributed by atoms with Crippen LogP contribution in [0.4, 0.5) is 0 Å². The molecule has 0 aliphatic heterocycles. The molecule has 0 spiro atoms. The van der Waals surface area contributed by atoms with Crippen molar-refractivity contribution in [2.75, 3.05) is 7.05 Å². The summed E-state index contributed by atoms with van der Waals surface area (Å²) in [6.07, 6.45) is 3.20. The van der Waals surface area contributed by atoms with Crippen molar-refractivity contribution in [3.8, 4) is 6.07 Å². The number of rotatable bonds is 4. The minimum Gasteiger partial charge on any atom is -0.347 e. The fourth-order valence-electron chi connectivity index (χ4n) is 1.35. The van der Waals surface area contributed by atoms with E-state index in [1.54, 1.807) is 12.4 Å². The maximum absolute atomic E-state index is 12.2. The van der Waals surface area contributed by atoms with Gasteiger partial charge >= 0.3 is 0 Å². The lowest BCUT2D eigenvalue weighted by atomic mass is 10.5. The van der Waals surface area contributed by atoms with Gasteiger partial charge in [-0.1, -0.05) is 0 Å². The highest BCUT2D eigenvalue weighted by atomic mass is 32.2. The first-order valence-corrected chi connectivity index (χ1v) is 7.24. The third kappa shape index (κ3) is 2.43. The van der Waals surface area contributed by atoms with E-state index < -0.39 is 10.0 Å². The van der Waals surface area contributed by atoms with Gasteiger partial charge in [-0.2, -0.15) is 9.57 Å². The van der Waals surface area contributed by atoms with Crippen molar-refractivity contribution >= 4 is 21.4 Å². The van der Waals surface area contributed by atoms with Crippen LogP contribution in [-0.4, -0.2) is 29.7 Å². The van der Waals surface area contributed by atoms with Gasteiger partial charge in [-0.25, -0.2) is 13.4 Å². The monoisotopic (exact) mass is 282 g/mol. The molecule has 2 heterocycles. The number of sulfonamides is 1. The molecule has 0 atom stereocenters. The lowest BCUT2D eigenvalue weighted by Crippen LogP contribution is -2.26. The molecule has 8 heteroatoms. The Morgan fingerprint density at radius 2 is 2.33 bits per heavy atom. The quantitative estimate of drug-likeness (QED) is 0.911. The van der Waals surface area contributed by atoms with Gasteiger partial charge in [-0.15, -0.1) is 11.3 Å². The van der Waals surface area contributed by atoms with Crippen molar-refractivity contribution in [1.29, 1.82) is 5.26 Å². The smallest absolute Gasteiger partial charge is 0.252 e. The van der Waals surface area contributed by atoms with Gasteiger partial charge in [0.25, 0.3) is 10.0 Å². The summed E-state index contributed by atoms with van der Waals surface area (Å²) in [5.41, 5.74) is 0. The maximum atomic E-state index is 12.2. The minimum atomic E-state index is -3.56. The molecule has 1 N–H and O–H groups in total. The molecule has 0 aliphatic rings. The zero-order chi connectivity index (χ0) is 13.2. The van der Waals surface area contributed by atoms with Crippen LogP contribution in [0.3, 0.4) is 0 Å². The molecule has 0 aliphatic carbocycles. The van der Waals surface area contributed by atoms with E-state index >= 15 is 0 Å². The predicted octanol–water partition coefficient (Wildman–Crippen LogP) is 1.16. The van der Waals surface area contributed by atoms with E-state index in [4.69, 9.17) is 5.26 Å². The Bertz CT molecular complexity index is 667. The zero-order valence-electron chi connectivity index (χ0n) is 9.49. The van der Waals surface area contributed by atoms with Crippen LogP contribution < -0.4 is 0 Å². The summed E-state index contributed by atoms with van der Waals surface area (Å²) in [5, 5.41) is 8.70. The highest BCUT2D eigenvalue weighted by Gasteiger charge is 2.23. The highest BCUT2D eigenvalue weighted by Crippen LogP contribution is 2.24. The third-order valence-electron chi connectivity index (χ3n) is 2.28. The molecule has 0 unspecified atom stereocenters. The van der Waals surface area contributed by atoms with Crippen molar-refractivity contribution in [1.82, 2.24) is 14.3 Å². The molecule has 0 saturated heterocycles. The van der Waals surface area contributed by atoms with Gasteiger partial charge in [0, 0.05) is 19.4 Å². The Labute approximate surface area is 109 Å². The number of aromatic amines is 1. The van der Waals surface area contributed by atoms with Gasteiger partial charge in [-0.3, -0.25) is 0 Å². The van der Waals surface area contributed by atoms with Crippen LogP contribution in [-0.2, 0) is 16.6 Å². The SMILES string of the molecule is CN(Cc1ncc[nH]1)S(=O)(=O)c1ccc(C#N)s1. The average Bonchev–Trinajstić information content (AvgIpc) is 2.99. The molecule has 0 saturated carbocycles. The Hall–Kier alpha value is -1.69. The van der Waals surface area contributed by atoms with Crippen molar-refractivity contribution in [2.45, 2.75) is 10.8 Å². The standard InChI is InChI=1S/C10H10N4O2S2/c1-14(7-9-12-4-5-13-9)18(15,16)10-3-2-8(6-11)17-10/h2-5H,7H2,1H3,(H,12,13). The molecule has 6 nitrogen and oxygen atoms in total. The van der Waals surface area contributed by atoms with Gasteiger partial charge in [0.2, 0.25) is 0 Å². The number of hydrogen-bond acceptors (Lipinski definition) is 5. The summed E-state index contributed by atoms with van der Waals surface area (Å²) >= 11 is 0.959. The fraction of sp³-hybridized carbons (Fsp3) is 0.200. The second kappa shape index (κ2) is 4.89. The largest absolute Gasteiger partial charge is 0.347 e. The second-order valence-corrected chi connectivity index (χ2v) is 6.88. The third-order valence-corrected chi connectivity index (χ3v) is 5.54. The number of imidazole rings is 1. The Kier molecular flexibility index (Phi) is 3.47. The van der Waals surface area contributed by atoms with Gasteiger partial charge in [-0.05, 0) is 12.1 Å². The number of nitrogens with zero attached hydrogens (tertiary/aromatic N) is 3. The summed E-state index contributed by atoms with van der Waals surface area (Å²) in [7, 11) is -2.09. The first-order valence-electron chi connectivity index (χ1n) is 4.98.